The van der Waals surface area contributed by atoms with Gasteiger partial charge in [-0.15, -0.1) is 11.8 Å². The lowest BCUT2D eigenvalue weighted by molar-refractivity contribution is -0.119. The molecule has 0 aliphatic rings. The molecule has 0 aliphatic carbocycles. The first-order valence-corrected chi connectivity index (χ1v) is 9.09. The second kappa shape index (κ2) is 9.64. The molecule has 0 heterocycles. The van der Waals surface area contributed by atoms with Gasteiger partial charge in [0.05, 0.1) is 17.5 Å². The number of nitrogens with two attached hydrogens (primary N) is 1. The molecule has 0 radical (unpaired) electrons. The summed E-state index contributed by atoms with van der Waals surface area (Å²) >= 11 is 1.60. The number of nitrogens with zero attached hydrogens (tertiary/aromatic N) is 1. The zero-order valence-electron chi connectivity index (χ0n) is 15.7. The van der Waals surface area contributed by atoms with Gasteiger partial charge in [0.15, 0.2) is 0 Å². The normalized spacial score (nSPS) is 15.1. The molecule has 5 nitrogen and oxygen atoms in total. The highest BCUT2D eigenvalue weighted by Crippen LogP contribution is 2.28. The Morgan fingerprint density at radius 1 is 1.30 bits per heavy atom. The van der Waals surface area contributed by atoms with Gasteiger partial charge in [-0.25, -0.2) is 0 Å². The van der Waals surface area contributed by atoms with Crippen molar-refractivity contribution in [2.24, 2.45) is 22.1 Å². The lowest BCUT2D eigenvalue weighted by Crippen LogP contribution is -2.37. The van der Waals surface area contributed by atoms with Crippen LogP contribution in [0.4, 0.5) is 0 Å². The summed E-state index contributed by atoms with van der Waals surface area (Å²) in [4.78, 5) is 16.3. The molecule has 0 aliphatic heterocycles. The molecule has 1 unspecified atom stereocenters. The highest BCUT2D eigenvalue weighted by Gasteiger charge is 2.31. The van der Waals surface area contributed by atoms with Gasteiger partial charge in [-0.05, 0) is 31.9 Å². The van der Waals surface area contributed by atoms with Gasteiger partial charge < -0.3 is 15.6 Å². The van der Waals surface area contributed by atoms with Crippen LogP contribution in [-0.4, -0.2) is 47.2 Å². The lowest BCUT2D eigenvalue weighted by atomic mass is 9.85. The molecule has 1 amide bonds. The van der Waals surface area contributed by atoms with Crippen LogP contribution in [0.1, 0.15) is 54.4 Å². The number of carbonyl (C=O) groups excluding carboxylic acids is 1. The van der Waals surface area contributed by atoms with Crippen molar-refractivity contribution in [2.45, 2.75) is 65.2 Å². The highest BCUT2D eigenvalue weighted by atomic mass is 32.2. The third-order valence-electron chi connectivity index (χ3n) is 3.74. The molecule has 0 saturated carbocycles. The summed E-state index contributed by atoms with van der Waals surface area (Å²) in [5.74, 6) is 1.44. The third kappa shape index (κ3) is 8.72. The molecular weight excluding hydrogens is 312 g/mol. The van der Waals surface area contributed by atoms with Gasteiger partial charge in [-0.2, -0.15) is 4.99 Å². The van der Waals surface area contributed by atoms with Crippen molar-refractivity contribution < 1.29 is 14.6 Å². The van der Waals surface area contributed by atoms with E-state index in [0.29, 0.717) is 12.5 Å². The van der Waals surface area contributed by atoms with Gasteiger partial charge in [-0.3, -0.25) is 4.79 Å². The molecular formula is C17H34N2O3S. The Labute approximate surface area is 145 Å². The third-order valence-corrected chi connectivity index (χ3v) is 5.08. The molecule has 0 aromatic heterocycles. The molecule has 0 saturated heterocycles. The number of amides is 1. The Hall–Kier alpha value is -0.590. The molecule has 136 valence electrons. The molecule has 0 fully saturated rings. The van der Waals surface area contributed by atoms with Crippen molar-refractivity contribution in [2.75, 3.05) is 19.5 Å². The summed E-state index contributed by atoms with van der Waals surface area (Å²) in [5, 5.41) is 10.2. The number of hydrogen-bond donors (Lipinski definition) is 2. The maximum atomic E-state index is 12.3. The van der Waals surface area contributed by atoms with E-state index in [1.807, 2.05) is 27.7 Å². The fourth-order valence-corrected chi connectivity index (χ4v) is 3.13. The number of methoxy groups -OCH3 is 1. The fourth-order valence-electron chi connectivity index (χ4n) is 1.86. The Kier molecular flexibility index (Phi) is 9.40. The number of thioether (sulfide) groups is 1. The topological polar surface area (TPSA) is 84.9 Å². The van der Waals surface area contributed by atoms with Gasteiger partial charge in [0.2, 0.25) is 0 Å². The predicted molar refractivity (Wildman–Crippen MR) is 98.9 cm³/mol. The van der Waals surface area contributed by atoms with Gasteiger partial charge in [-0.1, -0.05) is 27.7 Å². The molecule has 0 rings (SSSR count). The average molecular weight is 347 g/mol. The van der Waals surface area contributed by atoms with E-state index in [1.54, 1.807) is 18.9 Å². The lowest BCUT2D eigenvalue weighted by Gasteiger charge is -2.29. The molecule has 3 N–H and O–H groups in total. The van der Waals surface area contributed by atoms with Crippen LogP contribution in [0.5, 0.6) is 0 Å². The monoisotopic (exact) mass is 346 g/mol. The van der Waals surface area contributed by atoms with E-state index in [1.165, 1.54) is 0 Å². The minimum atomic E-state index is -0.712. The van der Waals surface area contributed by atoms with E-state index < -0.39 is 16.3 Å². The van der Waals surface area contributed by atoms with E-state index in [2.05, 4.69) is 18.8 Å². The average Bonchev–Trinajstić information content (AvgIpc) is 2.37. The van der Waals surface area contributed by atoms with Crippen LogP contribution in [0, 0.1) is 11.3 Å². The Morgan fingerprint density at radius 3 is 2.35 bits per heavy atom. The summed E-state index contributed by atoms with van der Waals surface area (Å²) in [6.45, 7) is 12.2. The maximum absolute atomic E-state index is 12.3. The van der Waals surface area contributed by atoms with Crippen LogP contribution >= 0.6 is 11.8 Å². The second-order valence-electron chi connectivity index (χ2n) is 7.59. The standard InChI is InChI=1S/C17H34N2O3S/c1-12(2)8-9-23-17(5,6)15(21)19-14(18)10-13(20)16(3,4)11-22-7/h12-13,20H,8-11H2,1-7H3,(H2,18,19,21). The zero-order valence-corrected chi connectivity index (χ0v) is 16.5. The Morgan fingerprint density at radius 2 is 1.87 bits per heavy atom. The first-order valence-electron chi connectivity index (χ1n) is 8.10. The van der Waals surface area contributed by atoms with Crippen molar-refractivity contribution in [1.29, 1.82) is 0 Å². The minimum absolute atomic E-state index is 0.162. The number of aliphatic imine (C=N–C) groups is 1. The van der Waals surface area contributed by atoms with Crippen LogP contribution in [0.25, 0.3) is 0 Å². The summed E-state index contributed by atoms with van der Waals surface area (Å²) in [7, 11) is 1.59. The van der Waals surface area contributed by atoms with E-state index in [4.69, 9.17) is 10.5 Å². The Balaban J connectivity index is 4.67. The largest absolute Gasteiger partial charge is 0.392 e. The molecule has 0 spiro atoms. The quantitative estimate of drug-likeness (QED) is 0.469. The summed E-state index contributed by atoms with van der Waals surface area (Å²) < 4.78 is 4.49. The number of hydrogen-bond acceptors (Lipinski definition) is 4. The van der Waals surface area contributed by atoms with Crippen LogP contribution in [-0.2, 0) is 9.53 Å². The van der Waals surface area contributed by atoms with Crippen LogP contribution in [0.15, 0.2) is 4.99 Å². The number of rotatable bonds is 10. The van der Waals surface area contributed by atoms with Gasteiger partial charge in [0, 0.05) is 18.9 Å². The zero-order chi connectivity index (χ0) is 18.3. The van der Waals surface area contributed by atoms with Crippen molar-refractivity contribution in [1.82, 2.24) is 0 Å². The maximum Gasteiger partial charge on any atom is 0.262 e. The molecule has 23 heavy (non-hydrogen) atoms. The highest BCUT2D eigenvalue weighted by molar-refractivity contribution is 8.01. The summed E-state index contributed by atoms with van der Waals surface area (Å²) in [5.41, 5.74) is 5.42. The first kappa shape index (κ1) is 22.4. The van der Waals surface area contributed by atoms with Crippen LogP contribution < -0.4 is 5.73 Å². The molecule has 0 aromatic carbocycles. The summed E-state index contributed by atoms with van der Waals surface area (Å²) in [6.07, 6.45) is 0.509. The summed E-state index contributed by atoms with van der Waals surface area (Å²) in [6, 6.07) is 0. The number of ether oxygens (including phenoxy) is 1. The predicted octanol–water partition coefficient (Wildman–Crippen LogP) is 2.85. The molecule has 6 heteroatoms. The van der Waals surface area contributed by atoms with E-state index in [0.717, 1.165) is 12.2 Å². The van der Waals surface area contributed by atoms with Crippen LogP contribution in [0.3, 0.4) is 0 Å². The van der Waals surface area contributed by atoms with Crippen molar-refractivity contribution in [3.05, 3.63) is 0 Å². The van der Waals surface area contributed by atoms with E-state index >= 15 is 0 Å². The Bertz CT molecular complexity index is 407. The molecule has 0 bridgehead atoms. The number of amidine groups is 1. The van der Waals surface area contributed by atoms with Crippen molar-refractivity contribution >= 4 is 23.5 Å². The number of aliphatic hydroxyl groups is 1. The SMILES string of the molecule is COCC(C)(C)C(O)CC(N)=NC(=O)C(C)(C)SCCC(C)C. The van der Waals surface area contributed by atoms with Gasteiger partial charge >= 0.3 is 0 Å². The number of carbonyl (C=O) groups is 1. The van der Waals surface area contributed by atoms with Crippen molar-refractivity contribution in [3.8, 4) is 0 Å². The fraction of sp³-hybridized carbons (Fsp3) is 0.882. The van der Waals surface area contributed by atoms with E-state index in [-0.39, 0.29) is 18.2 Å². The second-order valence-corrected chi connectivity index (χ2v) is 9.31. The minimum Gasteiger partial charge on any atom is -0.392 e. The van der Waals surface area contributed by atoms with Gasteiger partial charge in [0.25, 0.3) is 5.91 Å². The van der Waals surface area contributed by atoms with Crippen LogP contribution in [0.2, 0.25) is 0 Å². The van der Waals surface area contributed by atoms with E-state index in [9.17, 15) is 9.90 Å². The molecule has 1 atom stereocenters. The van der Waals surface area contributed by atoms with Crippen molar-refractivity contribution in [3.63, 3.8) is 0 Å². The van der Waals surface area contributed by atoms with Gasteiger partial charge in [0.1, 0.15) is 5.84 Å². The smallest absolute Gasteiger partial charge is 0.262 e. The number of aliphatic hydroxyl groups excluding tert-OH is 1. The molecule has 0 aromatic rings. The first-order chi connectivity index (χ1) is 10.4.